The van der Waals surface area contributed by atoms with E-state index in [0.29, 0.717) is 12.2 Å². The minimum absolute atomic E-state index is 0.0997. The zero-order valence-electron chi connectivity index (χ0n) is 18.1. The van der Waals surface area contributed by atoms with E-state index in [4.69, 9.17) is 4.74 Å². The standard InChI is InChI=1S/C24H26F3N3O/c1-5-30(19-13-9-12-18(14-19)23(2,3)4)21-20(24(25,26)27)15-28-22(29-21)31-16-17-10-7-6-8-11-17/h6-15H,5,16H2,1-4H3. The fourth-order valence-corrected chi connectivity index (χ4v) is 3.15. The summed E-state index contributed by atoms with van der Waals surface area (Å²) in [4.78, 5) is 9.51. The van der Waals surface area contributed by atoms with Crippen LogP contribution in [0.15, 0.2) is 60.8 Å². The van der Waals surface area contributed by atoms with Crippen LogP contribution in [-0.4, -0.2) is 16.5 Å². The van der Waals surface area contributed by atoms with E-state index in [0.717, 1.165) is 17.3 Å². The van der Waals surface area contributed by atoms with Gasteiger partial charge in [-0.05, 0) is 35.6 Å². The molecule has 0 atom stereocenters. The lowest BCUT2D eigenvalue weighted by Gasteiger charge is -2.27. The van der Waals surface area contributed by atoms with Gasteiger partial charge in [0, 0.05) is 18.4 Å². The van der Waals surface area contributed by atoms with Crippen LogP contribution in [0.5, 0.6) is 6.01 Å². The molecule has 0 unspecified atom stereocenters. The molecule has 1 aromatic heterocycles. The average Bonchev–Trinajstić information content (AvgIpc) is 2.72. The molecular weight excluding hydrogens is 403 g/mol. The zero-order chi connectivity index (χ0) is 22.6. The summed E-state index contributed by atoms with van der Waals surface area (Å²) in [6.07, 6.45) is -3.80. The van der Waals surface area contributed by atoms with Gasteiger partial charge in [-0.25, -0.2) is 4.98 Å². The molecule has 31 heavy (non-hydrogen) atoms. The van der Waals surface area contributed by atoms with E-state index in [1.54, 1.807) is 13.0 Å². The van der Waals surface area contributed by atoms with Crippen LogP contribution >= 0.6 is 0 Å². The minimum atomic E-state index is -4.59. The first kappa shape index (κ1) is 22.6. The van der Waals surface area contributed by atoms with Gasteiger partial charge in [-0.1, -0.05) is 63.2 Å². The van der Waals surface area contributed by atoms with Gasteiger partial charge in [0.1, 0.15) is 12.2 Å². The molecule has 0 aliphatic rings. The summed E-state index contributed by atoms with van der Waals surface area (Å²) in [5.41, 5.74) is 1.48. The summed E-state index contributed by atoms with van der Waals surface area (Å²) < 4.78 is 46.9. The summed E-state index contributed by atoms with van der Waals surface area (Å²) in [6, 6.07) is 16.7. The Balaban J connectivity index is 2.01. The molecule has 0 aliphatic heterocycles. The van der Waals surface area contributed by atoms with Gasteiger partial charge in [0.05, 0.1) is 0 Å². The highest BCUT2D eigenvalue weighted by Gasteiger charge is 2.37. The fourth-order valence-electron chi connectivity index (χ4n) is 3.15. The number of hydrogen-bond donors (Lipinski definition) is 0. The van der Waals surface area contributed by atoms with Crippen LogP contribution in [0.1, 0.15) is 44.4 Å². The van der Waals surface area contributed by atoms with Crippen LogP contribution in [0.3, 0.4) is 0 Å². The number of benzene rings is 2. The van der Waals surface area contributed by atoms with Crippen molar-refractivity contribution >= 4 is 11.5 Å². The molecule has 3 aromatic rings. The SMILES string of the molecule is CCN(c1cccc(C(C)(C)C)c1)c1nc(OCc2ccccc2)ncc1C(F)(F)F. The second-order valence-corrected chi connectivity index (χ2v) is 8.21. The zero-order valence-corrected chi connectivity index (χ0v) is 18.1. The lowest BCUT2D eigenvalue weighted by molar-refractivity contribution is -0.137. The summed E-state index contributed by atoms with van der Waals surface area (Å²) in [5.74, 6) is -0.223. The number of nitrogens with zero attached hydrogens (tertiary/aromatic N) is 3. The summed E-state index contributed by atoms with van der Waals surface area (Å²) in [6.45, 7) is 8.43. The van der Waals surface area contributed by atoms with E-state index in [-0.39, 0.29) is 23.9 Å². The van der Waals surface area contributed by atoms with Gasteiger partial charge in [-0.15, -0.1) is 0 Å². The first-order chi connectivity index (χ1) is 14.6. The first-order valence-corrected chi connectivity index (χ1v) is 10.1. The lowest BCUT2D eigenvalue weighted by atomic mass is 9.87. The van der Waals surface area contributed by atoms with Gasteiger partial charge < -0.3 is 9.64 Å². The van der Waals surface area contributed by atoms with E-state index in [2.05, 4.69) is 30.7 Å². The summed E-state index contributed by atoms with van der Waals surface area (Å²) >= 11 is 0. The van der Waals surface area contributed by atoms with E-state index >= 15 is 0 Å². The molecular formula is C24H26F3N3O. The van der Waals surface area contributed by atoms with E-state index in [9.17, 15) is 13.2 Å². The maximum atomic E-state index is 13.8. The molecule has 0 radical (unpaired) electrons. The van der Waals surface area contributed by atoms with Gasteiger partial charge in [-0.2, -0.15) is 18.2 Å². The molecule has 0 spiro atoms. The van der Waals surface area contributed by atoms with Crippen LogP contribution in [0.2, 0.25) is 0 Å². The highest BCUT2D eigenvalue weighted by atomic mass is 19.4. The predicted molar refractivity (Wildman–Crippen MR) is 116 cm³/mol. The van der Waals surface area contributed by atoms with Crippen molar-refractivity contribution in [3.63, 3.8) is 0 Å². The maximum absolute atomic E-state index is 13.8. The van der Waals surface area contributed by atoms with Crippen LogP contribution < -0.4 is 9.64 Å². The molecule has 0 saturated heterocycles. The van der Waals surface area contributed by atoms with Crippen LogP contribution in [0.4, 0.5) is 24.7 Å². The van der Waals surface area contributed by atoms with Crippen LogP contribution in [0.25, 0.3) is 0 Å². The van der Waals surface area contributed by atoms with Crippen molar-refractivity contribution < 1.29 is 17.9 Å². The predicted octanol–water partition coefficient (Wildman–Crippen LogP) is 6.53. The van der Waals surface area contributed by atoms with Crippen LogP contribution in [-0.2, 0) is 18.2 Å². The minimum Gasteiger partial charge on any atom is -0.459 e. The Kier molecular flexibility index (Phi) is 6.53. The number of alkyl halides is 3. The van der Waals surface area contributed by atoms with Crippen molar-refractivity contribution in [3.8, 4) is 6.01 Å². The van der Waals surface area contributed by atoms with Gasteiger partial charge in [0.15, 0.2) is 5.82 Å². The summed E-state index contributed by atoms with van der Waals surface area (Å²) in [7, 11) is 0. The smallest absolute Gasteiger partial charge is 0.421 e. The molecule has 3 rings (SSSR count). The number of ether oxygens (including phenoxy) is 1. The number of anilines is 2. The lowest BCUT2D eigenvalue weighted by Crippen LogP contribution is -2.23. The largest absolute Gasteiger partial charge is 0.459 e. The van der Waals surface area contributed by atoms with Crippen molar-refractivity contribution in [3.05, 3.63) is 77.5 Å². The van der Waals surface area contributed by atoms with Crippen molar-refractivity contribution in [2.45, 2.75) is 45.9 Å². The molecule has 1 heterocycles. The average molecular weight is 429 g/mol. The van der Waals surface area contributed by atoms with Crippen molar-refractivity contribution in [2.75, 3.05) is 11.4 Å². The second kappa shape index (κ2) is 8.96. The maximum Gasteiger partial charge on any atom is 0.421 e. The third-order valence-corrected chi connectivity index (χ3v) is 4.86. The van der Waals surface area contributed by atoms with Crippen molar-refractivity contribution in [1.29, 1.82) is 0 Å². The van der Waals surface area contributed by atoms with Gasteiger partial charge in [-0.3, -0.25) is 0 Å². The molecule has 0 N–H and O–H groups in total. The topological polar surface area (TPSA) is 38.2 Å². The molecule has 0 bridgehead atoms. The fraction of sp³-hybridized carbons (Fsp3) is 0.333. The van der Waals surface area contributed by atoms with Crippen molar-refractivity contribution in [2.24, 2.45) is 0 Å². The molecule has 7 heteroatoms. The highest BCUT2D eigenvalue weighted by molar-refractivity contribution is 5.64. The number of rotatable bonds is 6. The van der Waals surface area contributed by atoms with E-state index in [1.807, 2.05) is 48.5 Å². The van der Waals surface area contributed by atoms with Crippen molar-refractivity contribution in [1.82, 2.24) is 9.97 Å². The number of aromatic nitrogens is 2. The Bertz CT molecular complexity index is 1010. The van der Waals surface area contributed by atoms with Gasteiger partial charge in [0.2, 0.25) is 0 Å². The second-order valence-electron chi connectivity index (χ2n) is 8.21. The Morgan fingerprint density at radius 2 is 1.68 bits per heavy atom. The number of hydrogen-bond acceptors (Lipinski definition) is 4. The Morgan fingerprint density at radius 3 is 2.29 bits per heavy atom. The normalized spacial score (nSPS) is 12.0. The summed E-state index contributed by atoms with van der Waals surface area (Å²) in [5, 5.41) is 0. The molecule has 4 nitrogen and oxygen atoms in total. The highest BCUT2D eigenvalue weighted by Crippen LogP contribution is 2.39. The van der Waals surface area contributed by atoms with E-state index < -0.39 is 11.7 Å². The number of halogens is 3. The Labute approximate surface area is 180 Å². The Morgan fingerprint density at radius 1 is 0.968 bits per heavy atom. The molecule has 164 valence electrons. The Hall–Kier alpha value is -3.09. The van der Waals surface area contributed by atoms with Gasteiger partial charge >= 0.3 is 12.2 Å². The molecule has 0 aliphatic carbocycles. The molecule has 0 fully saturated rings. The monoisotopic (exact) mass is 429 g/mol. The molecule has 2 aromatic carbocycles. The molecule has 0 saturated carbocycles. The van der Waals surface area contributed by atoms with E-state index in [1.165, 1.54) is 4.90 Å². The first-order valence-electron chi connectivity index (χ1n) is 10.1. The molecule has 0 amide bonds. The quantitative estimate of drug-likeness (QED) is 0.447. The third-order valence-electron chi connectivity index (χ3n) is 4.86. The van der Waals surface area contributed by atoms with Crippen LogP contribution in [0, 0.1) is 0 Å². The van der Waals surface area contributed by atoms with Gasteiger partial charge in [0.25, 0.3) is 0 Å². The third kappa shape index (κ3) is 5.54.